The van der Waals surface area contributed by atoms with E-state index in [-0.39, 0.29) is 17.2 Å². The van der Waals surface area contributed by atoms with Crippen LogP contribution in [0.2, 0.25) is 0 Å². The molecule has 220 valence electrons. The Morgan fingerprint density at radius 2 is 1.74 bits per heavy atom. The van der Waals surface area contributed by atoms with Gasteiger partial charge in [-0.3, -0.25) is 14.5 Å². The predicted octanol–water partition coefficient (Wildman–Crippen LogP) is 4.89. The summed E-state index contributed by atoms with van der Waals surface area (Å²) < 4.78 is 5.35. The van der Waals surface area contributed by atoms with Crippen molar-refractivity contribution in [1.29, 1.82) is 0 Å². The van der Waals surface area contributed by atoms with Crippen molar-refractivity contribution < 1.29 is 29.0 Å². The third-order valence-electron chi connectivity index (χ3n) is 8.64. The smallest absolute Gasteiger partial charge is 0.332 e. The SMILES string of the molecule is CCC(C)[C@H](NC(=O)c1ccccc1N1C(=O)[C@@H]2Cc3c([nH]c4ccccc34)C(c3ccc(OC)cc3)N2C1=O)C(=O)O. The largest absolute Gasteiger partial charge is 0.497 e. The highest BCUT2D eigenvalue weighted by Crippen LogP contribution is 2.45. The quantitative estimate of drug-likeness (QED) is 0.254. The molecule has 1 fully saturated rings. The van der Waals surface area contributed by atoms with Crippen LogP contribution in [0, 0.1) is 5.92 Å². The number of aromatic amines is 1. The van der Waals surface area contributed by atoms with Crippen molar-refractivity contribution in [2.75, 3.05) is 12.0 Å². The number of carbonyl (C=O) groups excluding carboxylic acids is 3. The minimum atomic E-state index is -1.15. The Hall–Kier alpha value is -5.12. The summed E-state index contributed by atoms with van der Waals surface area (Å²) in [6, 6.07) is 18.4. The average Bonchev–Trinajstić information content (AvgIpc) is 3.52. The number of hydrogen-bond acceptors (Lipinski definition) is 5. The molecule has 0 radical (unpaired) electrons. The zero-order valence-electron chi connectivity index (χ0n) is 24.0. The van der Waals surface area contributed by atoms with Crippen molar-refractivity contribution in [3.63, 3.8) is 0 Å². The van der Waals surface area contributed by atoms with E-state index in [1.165, 1.54) is 6.07 Å². The molecular weight excluding hydrogens is 548 g/mol. The average molecular weight is 581 g/mol. The number of rotatable bonds is 8. The first kappa shape index (κ1) is 28.0. The zero-order chi connectivity index (χ0) is 30.4. The third kappa shape index (κ3) is 4.59. The first-order valence-electron chi connectivity index (χ1n) is 14.3. The number of ether oxygens (including phenoxy) is 1. The summed E-state index contributed by atoms with van der Waals surface area (Å²) in [6.45, 7) is 3.59. The fourth-order valence-electron chi connectivity index (χ4n) is 6.19. The third-order valence-corrected chi connectivity index (χ3v) is 8.64. The van der Waals surface area contributed by atoms with E-state index in [9.17, 15) is 24.3 Å². The van der Waals surface area contributed by atoms with Crippen molar-refractivity contribution in [3.8, 4) is 5.75 Å². The number of amides is 4. The normalized spacial score (nSPS) is 19.1. The Bertz CT molecular complexity index is 1750. The minimum absolute atomic E-state index is 0.0450. The number of aromatic nitrogens is 1. The molecule has 0 spiro atoms. The number of imide groups is 1. The monoisotopic (exact) mass is 580 g/mol. The van der Waals surface area contributed by atoms with Gasteiger partial charge in [0.15, 0.2) is 0 Å². The predicted molar refractivity (Wildman–Crippen MR) is 160 cm³/mol. The van der Waals surface area contributed by atoms with Crippen LogP contribution in [0.5, 0.6) is 5.75 Å². The van der Waals surface area contributed by atoms with Gasteiger partial charge in [-0.05, 0) is 47.4 Å². The van der Waals surface area contributed by atoms with Crippen molar-refractivity contribution in [2.24, 2.45) is 5.92 Å². The molecule has 0 saturated carbocycles. The number of methoxy groups -OCH3 is 1. The number of fused-ring (bicyclic) bond motifs is 4. The highest BCUT2D eigenvalue weighted by Gasteiger charge is 2.53. The van der Waals surface area contributed by atoms with Gasteiger partial charge < -0.3 is 20.1 Å². The second-order valence-electron chi connectivity index (χ2n) is 11.0. The van der Waals surface area contributed by atoms with Gasteiger partial charge in [-0.1, -0.05) is 62.7 Å². The van der Waals surface area contributed by atoms with E-state index in [4.69, 9.17) is 4.74 Å². The number of nitrogens with zero attached hydrogens (tertiary/aromatic N) is 2. The molecule has 4 aromatic rings. The van der Waals surface area contributed by atoms with Crippen LogP contribution < -0.4 is 15.0 Å². The van der Waals surface area contributed by atoms with Crippen LogP contribution >= 0.6 is 0 Å². The number of nitrogens with one attached hydrogen (secondary N) is 2. The summed E-state index contributed by atoms with van der Waals surface area (Å²) in [5, 5.41) is 13.3. The topological polar surface area (TPSA) is 132 Å². The molecule has 1 aromatic heterocycles. The van der Waals surface area contributed by atoms with Gasteiger partial charge in [-0.2, -0.15) is 0 Å². The molecule has 6 rings (SSSR count). The lowest BCUT2D eigenvalue weighted by molar-refractivity contribution is -0.140. The van der Waals surface area contributed by atoms with E-state index in [0.717, 1.165) is 32.6 Å². The van der Waals surface area contributed by atoms with E-state index in [1.807, 2.05) is 55.5 Å². The van der Waals surface area contributed by atoms with Crippen molar-refractivity contribution in [2.45, 2.75) is 44.8 Å². The van der Waals surface area contributed by atoms with Gasteiger partial charge in [0.1, 0.15) is 23.9 Å². The van der Waals surface area contributed by atoms with Crippen molar-refractivity contribution in [1.82, 2.24) is 15.2 Å². The highest BCUT2D eigenvalue weighted by atomic mass is 16.5. The van der Waals surface area contributed by atoms with E-state index in [2.05, 4.69) is 10.3 Å². The number of carboxylic acids is 1. The summed E-state index contributed by atoms with van der Waals surface area (Å²) >= 11 is 0. The molecule has 0 aliphatic carbocycles. The molecule has 2 unspecified atom stereocenters. The minimum Gasteiger partial charge on any atom is -0.497 e. The molecule has 3 aromatic carbocycles. The summed E-state index contributed by atoms with van der Waals surface area (Å²) in [4.78, 5) is 60.0. The molecular formula is C33H32N4O6. The second-order valence-corrected chi connectivity index (χ2v) is 11.0. The lowest BCUT2D eigenvalue weighted by atomic mass is 9.89. The Labute approximate surface area is 248 Å². The van der Waals surface area contributed by atoms with Gasteiger partial charge in [0.25, 0.3) is 11.8 Å². The Morgan fingerprint density at radius 3 is 2.44 bits per heavy atom. The number of para-hydroxylation sites is 2. The molecule has 43 heavy (non-hydrogen) atoms. The Kier molecular flexibility index (Phi) is 7.13. The molecule has 2 aliphatic rings. The van der Waals surface area contributed by atoms with Crippen LogP contribution in [0.3, 0.4) is 0 Å². The number of urea groups is 1. The maximum Gasteiger partial charge on any atom is 0.332 e. The maximum atomic E-state index is 14.3. The van der Waals surface area contributed by atoms with Crippen LogP contribution in [0.4, 0.5) is 10.5 Å². The summed E-state index contributed by atoms with van der Waals surface area (Å²) in [5.74, 6) is -1.93. The molecule has 4 atom stereocenters. The van der Waals surface area contributed by atoms with Crippen molar-refractivity contribution >= 4 is 40.4 Å². The number of anilines is 1. The van der Waals surface area contributed by atoms with Gasteiger partial charge in [0.2, 0.25) is 0 Å². The Morgan fingerprint density at radius 1 is 1.05 bits per heavy atom. The lowest BCUT2D eigenvalue weighted by Crippen LogP contribution is -2.45. The van der Waals surface area contributed by atoms with E-state index in [0.29, 0.717) is 18.6 Å². The van der Waals surface area contributed by atoms with E-state index >= 15 is 0 Å². The summed E-state index contributed by atoms with van der Waals surface area (Å²) in [5.41, 5.74) is 3.66. The van der Waals surface area contributed by atoms with Gasteiger partial charge in [0.05, 0.1) is 18.4 Å². The number of aliphatic carboxylic acids is 1. The maximum absolute atomic E-state index is 14.3. The number of benzene rings is 3. The lowest BCUT2D eigenvalue weighted by Gasteiger charge is -2.36. The number of carbonyl (C=O) groups is 4. The zero-order valence-corrected chi connectivity index (χ0v) is 24.0. The number of hydrogen-bond donors (Lipinski definition) is 3. The van der Waals surface area contributed by atoms with E-state index in [1.54, 1.807) is 37.1 Å². The van der Waals surface area contributed by atoms with E-state index < -0.39 is 41.9 Å². The van der Waals surface area contributed by atoms with Gasteiger partial charge in [0, 0.05) is 23.0 Å². The van der Waals surface area contributed by atoms with Crippen LogP contribution in [-0.4, -0.2) is 58.0 Å². The van der Waals surface area contributed by atoms with Crippen molar-refractivity contribution in [3.05, 3.63) is 95.2 Å². The van der Waals surface area contributed by atoms with Gasteiger partial charge in [-0.15, -0.1) is 0 Å². The summed E-state index contributed by atoms with van der Waals surface area (Å²) in [6.07, 6.45) is 0.844. The second kappa shape index (κ2) is 10.9. The van der Waals surface area contributed by atoms with Crippen LogP contribution in [0.1, 0.15) is 53.5 Å². The molecule has 1 saturated heterocycles. The first-order chi connectivity index (χ1) is 20.7. The standard InChI is InChI=1S/C33H32N4O6/c1-4-18(2)27(32(40)41)35-30(38)22-10-6-8-12-25(22)37-31(39)26-17-23-21-9-5-7-11-24(21)34-28(23)29(36(26)33(37)42)19-13-15-20(43-3)16-14-19/h5-16,18,26-27,29,34H,4,17H2,1-3H3,(H,35,38)(H,40,41)/t18?,26-,27-,29?/m0/s1. The fraction of sp³-hybridized carbons (Fsp3) is 0.273. The fourth-order valence-corrected chi connectivity index (χ4v) is 6.19. The molecule has 2 aliphatic heterocycles. The molecule has 10 heteroatoms. The highest BCUT2D eigenvalue weighted by molar-refractivity contribution is 6.24. The first-order valence-corrected chi connectivity index (χ1v) is 14.3. The molecule has 4 amide bonds. The Balaban J connectivity index is 1.43. The van der Waals surface area contributed by atoms with Crippen LogP contribution in [0.15, 0.2) is 72.8 Å². The summed E-state index contributed by atoms with van der Waals surface area (Å²) in [7, 11) is 1.58. The van der Waals surface area contributed by atoms with Crippen LogP contribution in [0.25, 0.3) is 10.9 Å². The molecule has 0 bridgehead atoms. The van der Waals surface area contributed by atoms with Gasteiger partial charge >= 0.3 is 12.0 Å². The van der Waals surface area contributed by atoms with Crippen LogP contribution in [-0.2, 0) is 16.0 Å². The van der Waals surface area contributed by atoms with Gasteiger partial charge in [-0.25, -0.2) is 14.5 Å². The molecule has 10 nitrogen and oxygen atoms in total. The molecule has 3 heterocycles. The number of carboxylic acid groups (broad SMARTS) is 1. The number of H-pyrrole nitrogens is 1. The molecule has 3 N–H and O–H groups in total.